The molecule has 156 valence electrons. The first-order valence-corrected chi connectivity index (χ1v) is 11.4. The van der Waals surface area contributed by atoms with Crippen LogP contribution < -0.4 is 5.32 Å². The summed E-state index contributed by atoms with van der Waals surface area (Å²) in [5.74, 6) is -0.279. The Morgan fingerprint density at radius 3 is 2.41 bits per heavy atom. The molecule has 2 aromatic carbocycles. The average molecular weight is 436 g/mol. The molecule has 1 heterocycles. The second kappa shape index (κ2) is 9.26. The minimum absolute atomic E-state index is 0.0607. The molecule has 8 heteroatoms. The van der Waals surface area contributed by atoms with Gasteiger partial charge in [-0.2, -0.15) is 0 Å². The lowest BCUT2D eigenvalue weighted by Gasteiger charge is -2.32. The lowest BCUT2D eigenvalue weighted by Crippen LogP contribution is -2.44. The standard InChI is InChI=1S/C21H26ClN3O3S/c1-24(2)29(27,28)20-14-17(8-9-19(20)22)21(26)23-18-10-12-25(13-11-18)15-16-6-4-3-5-7-16/h3-9,14,18H,10-13,15H2,1-2H3,(H,23,26). The van der Waals surface area contributed by atoms with Crippen molar-refractivity contribution >= 4 is 27.5 Å². The van der Waals surface area contributed by atoms with E-state index in [9.17, 15) is 13.2 Å². The Kier molecular flexibility index (Phi) is 6.95. The zero-order chi connectivity index (χ0) is 21.0. The summed E-state index contributed by atoms with van der Waals surface area (Å²) in [6, 6.07) is 14.8. The van der Waals surface area contributed by atoms with E-state index in [1.807, 2.05) is 18.2 Å². The third kappa shape index (κ3) is 5.36. The van der Waals surface area contributed by atoms with Crippen LogP contribution in [0.5, 0.6) is 0 Å². The summed E-state index contributed by atoms with van der Waals surface area (Å²) >= 11 is 6.06. The van der Waals surface area contributed by atoms with Gasteiger partial charge in [0.15, 0.2) is 0 Å². The fourth-order valence-corrected chi connectivity index (χ4v) is 4.78. The third-order valence-electron chi connectivity index (χ3n) is 5.12. The van der Waals surface area contributed by atoms with Gasteiger partial charge in [0.05, 0.1) is 5.02 Å². The number of piperidine rings is 1. The Hall–Kier alpha value is -1.93. The first-order chi connectivity index (χ1) is 13.8. The third-order valence-corrected chi connectivity index (χ3v) is 7.42. The lowest BCUT2D eigenvalue weighted by molar-refractivity contribution is 0.0908. The number of halogens is 1. The van der Waals surface area contributed by atoms with Gasteiger partial charge < -0.3 is 5.32 Å². The number of nitrogens with zero attached hydrogens (tertiary/aromatic N) is 2. The highest BCUT2D eigenvalue weighted by molar-refractivity contribution is 7.89. The molecule has 0 radical (unpaired) electrons. The Balaban J connectivity index is 1.60. The first-order valence-electron chi connectivity index (χ1n) is 9.56. The summed E-state index contributed by atoms with van der Waals surface area (Å²) in [5.41, 5.74) is 1.58. The molecule has 1 aliphatic rings. The Labute approximate surface area is 177 Å². The number of sulfonamides is 1. The maximum atomic E-state index is 12.7. The molecule has 0 atom stereocenters. The normalized spacial score (nSPS) is 16.1. The predicted molar refractivity (Wildman–Crippen MR) is 115 cm³/mol. The summed E-state index contributed by atoms with van der Waals surface area (Å²) in [6.45, 7) is 2.71. The zero-order valence-corrected chi connectivity index (χ0v) is 18.2. The van der Waals surface area contributed by atoms with E-state index >= 15 is 0 Å². The number of carbonyl (C=O) groups excluding carboxylic acids is 1. The van der Waals surface area contributed by atoms with E-state index in [1.165, 1.54) is 31.8 Å². The molecule has 1 saturated heterocycles. The smallest absolute Gasteiger partial charge is 0.251 e. The SMILES string of the molecule is CN(C)S(=O)(=O)c1cc(C(=O)NC2CCN(Cc3ccccc3)CC2)ccc1Cl. The second-order valence-corrected chi connectivity index (χ2v) is 9.97. The van der Waals surface area contributed by atoms with Crippen molar-refractivity contribution in [2.24, 2.45) is 0 Å². The van der Waals surface area contributed by atoms with E-state index < -0.39 is 10.0 Å². The van der Waals surface area contributed by atoms with Crippen LogP contribution in [0, 0.1) is 0 Å². The molecule has 6 nitrogen and oxygen atoms in total. The maximum Gasteiger partial charge on any atom is 0.251 e. The topological polar surface area (TPSA) is 69.7 Å². The van der Waals surface area contributed by atoms with Gasteiger partial charge in [0.1, 0.15) is 4.90 Å². The van der Waals surface area contributed by atoms with E-state index in [4.69, 9.17) is 11.6 Å². The first kappa shape index (κ1) is 21.8. The molecular weight excluding hydrogens is 410 g/mol. The molecule has 0 saturated carbocycles. The van der Waals surface area contributed by atoms with Crippen LogP contribution in [-0.2, 0) is 16.6 Å². The van der Waals surface area contributed by atoms with Gasteiger partial charge in [0.25, 0.3) is 5.91 Å². The highest BCUT2D eigenvalue weighted by atomic mass is 35.5. The summed E-state index contributed by atoms with van der Waals surface area (Å²) in [4.78, 5) is 15.0. The molecule has 29 heavy (non-hydrogen) atoms. The van der Waals surface area contributed by atoms with Gasteiger partial charge in [0.2, 0.25) is 10.0 Å². The lowest BCUT2D eigenvalue weighted by atomic mass is 10.0. The summed E-state index contributed by atoms with van der Waals surface area (Å²) in [7, 11) is -0.855. The Bertz CT molecular complexity index is 956. The molecule has 1 N–H and O–H groups in total. The van der Waals surface area contributed by atoms with E-state index in [0.29, 0.717) is 5.56 Å². The van der Waals surface area contributed by atoms with Gasteiger partial charge in [0, 0.05) is 45.3 Å². The van der Waals surface area contributed by atoms with Crippen molar-refractivity contribution in [3.63, 3.8) is 0 Å². The predicted octanol–water partition coefficient (Wildman–Crippen LogP) is 2.98. The molecule has 1 fully saturated rings. The molecule has 0 aromatic heterocycles. The van der Waals surface area contributed by atoms with Crippen LogP contribution in [0.2, 0.25) is 5.02 Å². The molecular formula is C21H26ClN3O3S. The van der Waals surface area contributed by atoms with E-state index in [2.05, 4.69) is 22.3 Å². The number of amides is 1. The highest BCUT2D eigenvalue weighted by Gasteiger charge is 2.24. The van der Waals surface area contributed by atoms with Gasteiger partial charge in [-0.25, -0.2) is 12.7 Å². The van der Waals surface area contributed by atoms with Crippen molar-refractivity contribution in [2.45, 2.75) is 30.3 Å². The summed E-state index contributed by atoms with van der Waals surface area (Å²) in [6.07, 6.45) is 1.71. The Morgan fingerprint density at radius 2 is 1.79 bits per heavy atom. The summed E-state index contributed by atoms with van der Waals surface area (Å²) in [5, 5.41) is 3.13. The minimum Gasteiger partial charge on any atom is -0.349 e. The number of hydrogen-bond donors (Lipinski definition) is 1. The van der Waals surface area contributed by atoms with Gasteiger partial charge >= 0.3 is 0 Å². The number of benzene rings is 2. The number of likely N-dealkylation sites (tertiary alicyclic amines) is 1. The van der Waals surface area contributed by atoms with E-state index in [0.717, 1.165) is 36.8 Å². The number of hydrogen-bond acceptors (Lipinski definition) is 4. The largest absolute Gasteiger partial charge is 0.349 e. The minimum atomic E-state index is -3.72. The molecule has 3 rings (SSSR count). The fraction of sp³-hybridized carbons (Fsp3) is 0.381. The van der Waals surface area contributed by atoms with Crippen molar-refractivity contribution in [1.29, 1.82) is 0 Å². The quantitative estimate of drug-likeness (QED) is 0.757. The van der Waals surface area contributed by atoms with Crippen LogP contribution in [0.3, 0.4) is 0 Å². The van der Waals surface area contributed by atoms with Gasteiger partial charge in [-0.05, 0) is 36.6 Å². The van der Waals surface area contributed by atoms with Crippen LogP contribution in [0.4, 0.5) is 0 Å². The van der Waals surface area contributed by atoms with Crippen LogP contribution >= 0.6 is 11.6 Å². The van der Waals surface area contributed by atoms with Crippen molar-refractivity contribution in [2.75, 3.05) is 27.2 Å². The molecule has 2 aromatic rings. The average Bonchev–Trinajstić information content (AvgIpc) is 2.70. The summed E-state index contributed by atoms with van der Waals surface area (Å²) < 4.78 is 25.9. The highest BCUT2D eigenvalue weighted by Crippen LogP contribution is 2.25. The number of nitrogens with one attached hydrogen (secondary N) is 1. The number of rotatable bonds is 6. The molecule has 1 aliphatic heterocycles. The molecule has 0 spiro atoms. The zero-order valence-electron chi connectivity index (χ0n) is 16.6. The van der Waals surface area contributed by atoms with E-state index in [-0.39, 0.29) is 21.9 Å². The van der Waals surface area contributed by atoms with E-state index in [1.54, 1.807) is 6.07 Å². The monoisotopic (exact) mass is 435 g/mol. The van der Waals surface area contributed by atoms with Gasteiger partial charge in [-0.15, -0.1) is 0 Å². The second-order valence-electron chi connectivity index (χ2n) is 7.44. The Morgan fingerprint density at radius 1 is 1.14 bits per heavy atom. The van der Waals surface area contributed by atoms with Crippen molar-refractivity contribution < 1.29 is 13.2 Å². The van der Waals surface area contributed by atoms with Crippen LogP contribution in [0.25, 0.3) is 0 Å². The van der Waals surface area contributed by atoms with Crippen molar-refractivity contribution in [1.82, 2.24) is 14.5 Å². The van der Waals surface area contributed by atoms with Gasteiger partial charge in [-0.1, -0.05) is 41.9 Å². The van der Waals surface area contributed by atoms with Crippen molar-refractivity contribution in [3.05, 3.63) is 64.7 Å². The van der Waals surface area contributed by atoms with Crippen LogP contribution in [0.15, 0.2) is 53.4 Å². The molecule has 0 unspecified atom stereocenters. The van der Waals surface area contributed by atoms with Crippen LogP contribution in [0.1, 0.15) is 28.8 Å². The molecule has 0 aliphatic carbocycles. The molecule has 1 amide bonds. The maximum absolute atomic E-state index is 12.7. The van der Waals surface area contributed by atoms with Gasteiger partial charge in [-0.3, -0.25) is 9.69 Å². The number of carbonyl (C=O) groups is 1. The van der Waals surface area contributed by atoms with Crippen LogP contribution in [-0.4, -0.2) is 56.8 Å². The van der Waals surface area contributed by atoms with Crippen molar-refractivity contribution in [3.8, 4) is 0 Å². The fourth-order valence-electron chi connectivity index (χ4n) is 3.38. The molecule has 0 bridgehead atoms.